The van der Waals surface area contributed by atoms with Crippen molar-refractivity contribution < 1.29 is 4.79 Å². The summed E-state index contributed by atoms with van der Waals surface area (Å²) in [6.07, 6.45) is 7.10. The van der Waals surface area contributed by atoms with Gasteiger partial charge in [-0.25, -0.2) is 0 Å². The predicted octanol–water partition coefficient (Wildman–Crippen LogP) is 4.87. The molecule has 0 unspecified atom stereocenters. The minimum Gasteiger partial charge on any atom is -0.356 e. The summed E-state index contributed by atoms with van der Waals surface area (Å²) in [5.41, 5.74) is 5.72. The van der Waals surface area contributed by atoms with Crippen molar-refractivity contribution >= 4 is 17.2 Å². The molecule has 6 heteroatoms. The monoisotopic (exact) mass is 445 g/mol. The number of aromatic amines is 1. The minimum atomic E-state index is -0.224. The molecule has 2 aromatic rings. The fourth-order valence-corrected chi connectivity index (χ4v) is 4.69. The van der Waals surface area contributed by atoms with Crippen molar-refractivity contribution in [3.63, 3.8) is 0 Å². The van der Waals surface area contributed by atoms with Gasteiger partial charge in [0.25, 0.3) is 5.91 Å². The van der Waals surface area contributed by atoms with Gasteiger partial charge in [-0.15, -0.1) is 0 Å². The lowest BCUT2D eigenvalue weighted by Gasteiger charge is -2.34. The molecule has 1 aromatic heterocycles. The molecule has 0 spiro atoms. The molecule has 1 fully saturated rings. The molecule has 0 saturated carbocycles. The first-order valence-corrected chi connectivity index (χ1v) is 12.0. The highest BCUT2D eigenvalue weighted by Crippen LogP contribution is 2.40. The number of nitrogens with zero attached hydrogens (tertiary/aromatic N) is 3. The van der Waals surface area contributed by atoms with Gasteiger partial charge in [-0.05, 0) is 60.6 Å². The van der Waals surface area contributed by atoms with Crippen LogP contribution in [0.1, 0.15) is 67.2 Å². The summed E-state index contributed by atoms with van der Waals surface area (Å²) < 4.78 is 0. The van der Waals surface area contributed by atoms with Crippen LogP contribution in [0.25, 0.3) is 5.57 Å². The molecule has 4 rings (SSSR count). The molecule has 2 heterocycles. The number of hydrogen-bond acceptors (Lipinski definition) is 4. The van der Waals surface area contributed by atoms with Crippen LogP contribution in [0, 0.1) is 16.7 Å². The molecule has 0 atom stereocenters. The zero-order chi connectivity index (χ0) is 23.4. The van der Waals surface area contributed by atoms with Gasteiger partial charge in [-0.3, -0.25) is 9.69 Å². The Labute approximate surface area is 197 Å². The highest BCUT2D eigenvalue weighted by molar-refractivity contribution is 6.04. The lowest BCUT2D eigenvalue weighted by molar-refractivity contribution is 0.102. The number of aromatic nitrogens is 1. The summed E-state index contributed by atoms with van der Waals surface area (Å²) >= 11 is 0. The van der Waals surface area contributed by atoms with E-state index in [-0.39, 0.29) is 5.91 Å². The molecule has 0 radical (unpaired) electrons. The summed E-state index contributed by atoms with van der Waals surface area (Å²) in [6.45, 7) is 13.3. The Bertz CT molecular complexity index is 1070. The maximum Gasteiger partial charge on any atom is 0.272 e. The maximum atomic E-state index is 12.9. The highest BCUT2D eigenvalue weighted by atomic mass is 16.1. The molecule has 1 aromatic carbocycles. The van der Waals surface area contributed by atoms with Crippen molar-refractivity contribution in [3.8, 4) is 6.07 Å². The van der Waals surface area contributed by atoms with Gasteiger partial charge in [0.1, 0.15) is 11.8 Å². The summed E-state index contributed by atoms with van der Waals surface area (Å²) in [7, 11) is 0. The van der Waals surface area contributed by atoms with Crippen LogP contribution in [-0.2, 0) is 6.54 Å². The van der Waals surface area contributed by atoms with Crippen LogP contribution in [-0.4, -0.2) is 53.4 Å². The van der Waals surface area contributed by atoms with E-state index in [0.717, 1.165) is 69.8 Å². The Kier molecular flexibility index (Phi) is 7.02. The first-order chi connectivity index (χ1) is 15.9. The molecule has 0 bridgehead atoms. The quantitative estimate of drug-likeness (QED) is 0.665. The van der Waals surface area contributed by atoms with Gasteiger partial charge in [0.2, 0.25) is 0 Å². The number of allylic oxidation sites excluding steroid dienone is 2. The zero-order valence-electron chi connectivity index (χ0n) is 20.1. The second-order valence-corrected chi connectivity index (χ2v) is 10.1. The number of likely N-dealkylation sites (N-methyl/N-ethyl adjacent to an activating group) is 1. The number of nitriles is 1. The molecule has 2 aliphatic rings. The van der Waals surface area contributed by atoms with E-state index in [0.29, 0.717) is 16.7 Å². The van der Waals surface area contributed by atoms with Crippen LogP contribution in [0.5, 0.6) is 0 Å². The third kappa shape index (κ3) is 5.73. The largest absolute Gasteiger partial charge is 0.356 e. The first-order valence-electron chi connectivity index (χ1n) is 12.0. The van der Waals surface area contributed by atoms with Crippen molar-refractivity contribution in [2.75, 3.05) is 38.0 Å². The summed E-state index contributed by atoms with van der Waals surface area (Å²) in [5.74, 6) is -0.224. The van der Waals surface area contributed by atoms with Crippen LogP contribution >= 0.6 is 0 Å². The fourth-order valence-electron chi connectivity index (χ4n) is 4.69. The minimum absolute atomic E-state index is 0.224. The van der Waals surface area contributed by atoms with Gasteiger partial charge in [0.05, 0.1) is 5.56 Å². The molecular weight excluding hydrogens is 410 g/mol. The van der Waals surface area contributed by atoms with Gasteiger partial charge in [-0.2, -0.15) is 5.26 Å². The molecule has 1 saturated heterocycles. The molecule has 33 heavy (non-hydrogen) atoms. The number of anilines is 1. The van der Waals surface area contributed by atoms with Crippen molar-refractivity contribution in [2.45, 2.75) is 46.6 Å². The van der Waals surface area contributed by atoms with Crippen molar-refractivity contribution in [3.05, 3.63) is 58.9 Å². The number of carbonyl (C=O) groups is 1. The van der Waals surface area contributed by atoms with E-state index >= 15 is 0 Å². The maximum absolute atomic E-state index is 12.9. The lowest BCUT2D eigenvalue weighted by atomic mass is 9.76. The average Bonchev–Trinajstić information content (AvgIpc) is 3.30. The number of rotatable bonds is 6. The second kappa shape index (κ2) is 9.94. The van der Waals surface area contributed by atoms with Crippen molar-refractivity contribution in [1.82, 2.24) is 14.8 Å². The van der Waals surface area contributed by atoms with E-state index < -0.39 is 0 Å². The molecule has 1 aliphatic carbocycles. The topological polar surface area (TPSA) is 75.2 Å². The Morgan fingerprint density at radius 1 is 1.18 bits per heavy atom. The van der Waals surface area contributed by atoms with Gasteiger partial charge in [0.15, 0.2) is 0 Å². The van der Waals surface area contributed by atoms with E-state index in [1.807, 2.05) is 6.07 Å². The Hall–Kier alpha value is -2.88. The number of piperazine rings is 1. The molecule has 174 valence electrons. The predicted molar refractivity (Wildman–Crippen MR) is 133 cm³/mol. The third-order valence-electron chi connectivity index (χ3n) is 7.03. The van der Waals surface area contributed by atoms with E-state index in [4.69, 9.17) is 5.26 Å². The Morgan fingerprint density at radius 2 is 1.94 bits per heavy atom. The van der Waals surface area contributed by atoms with E-state index in [9.17, 15) is 4.79 Å². The number of nitrogens with one attached hydrogen (secondary N) is 2. The summed E-state index contributed by atoms with van der Waals surface area (Å²) in [6, 6.07) is 10.1. The number of carbonyl (C=O) groups excluding carboxylic acids is 1. The third-order valence-corrected chi connectivity index (χ3v) is 7.03. The number of H-pyrrole nitrogens is 1. The van der Waals surface area contributed by atoms with E-state index in [2.05, 4.69) is 65.1 Å². The standard InChI is InChI=1S/C27H35N5O/c1-4-31-11-13-32(14-12-31)19-20-5-6-24(30-26(33)25-16-21(17-28)18-29-25)23(15-20)22-7-9-27(2,3)10-8-22/h5-7,15-16,18,29H,4,8-14,19H2,1-3H3,(H,30,33). The van der Waals surface area contributed by atoms with Gasteiger partial charge >= 0.3 is 0 Å². The SMILES string of the molecule is CCN1CCN(Cc2ccc(NC(=O)c3cc(C#N)c[nH]3)c(C3=CCC(C)(C)CC3)c2)CC1. The van der Waals surface area contributed by atoms with Gasteiger partial charge in [0, 0.05) is 50.2 Å². The summed E-state index contributed by atoms with van der Waals surface area (Å²) in [5, 5.41) is 12.1. The number of benzene rings is 1. The van der Waals surface area contributed by atoms with E-state index in [1.165, 1.54) is 11.1 Å². The lowest BCUT2D eigenvalue weighted by Crippen LogP contribution is -2.45. The molecular formula is C27H35N5O. The van der Waals surface area contributed by atoms with Gasteiger partial charge in [-0.1, -0.05) is 32.9 Å². The average molecular weight is 446 g/mol. The van der Waals surface area contributed by atoms with Crippen LogP contribution in [0.15, 0.2) is 36.5 Å². The highest BCUT2D eigenvalue weighted by Gasteiger charge is 2.24. The number of hydrogen-bond donors (Lipinski definition) is 2. The van der Waals surface area contributed by atoms with Gasteiger partial charge < -0.3 is 15.2 Å². The molecule has 6 nitrogen and oxygen atoms in total. The Balaban J connectivity index is 1.57. The summed E-state index contributed by atoms with van der Waals surface area (Å²) in [4.78, 5) is 20.8. The molecule has 1 aliphatic heterocycles. The second-order valence-electron chi connectivity index (χ2n) is 10.1. The smallest absolute Gasteiger partial charge is 0.272 e. The zero-order valence-corrected chi connectivity index (χ0v) is 20.1. The first kappa shape index (κ1) is 23.3. The van der Waals surface area contributed by atoms with Crippen LogP contribution in [0.4, 0.5) is 5.69 Å². The van der Waals surface area contributed by atoms with Crippen molar-refractivity contribution in [1.29, 1.82) is 5.26 Å². The van der Waals surface area contributed by atoms with Crippen LogP contribution in [0.3, 0.4) is 0 Å². The van der Waals surface area contributed by atoms with Crippen LogP contribution in [0.2, 0.25) is 0 Å². The molecule has 1 amide bonds. The number of amides is 1. The molecule has 2 N–H and O–H groups in total. The normalized spacial score (nSPS) is 19.0. The van der Waals surface area contributed by atoms with Crippen molar-refractivity contribution in [2.24, 2.45) is 5.41 Å². The fraction of sp³-hybridized carbons (Fsp3) is 0.481. The Morgan fingerprint density at radius 3 is 2.58 bits per heavy atom. The van der Waals surface area contributed by atoms with E-state index in [1.54, 1.807) is 12.3 Å². The van der Waals surface area contributed by atoms with Crippen LogP contribution < -0.4 is 5.32 Å².